The van der Waals surface area contributed by atoms with Crippen LogP contribution in [-0.2, 0) is 19.6 Å². The molecule has 126 valence electrons. The number of Topliss-reactive ketones (excluding diaryl/α,β-unsaturated/α-hetero) is 1. The summed E-state index contributed by atoms with van der Waals surface area (Å²) in [6.07, 6.45) is 1.25. The molecule has 0 bridgehead atoms. The molecule has 1 unspecified atom stereocenters. The molecule has 1 saturated heterocycles. The van der Waals surface area contributed by atoms with Crippen LogP contribution in [0.2, 0.25) is 0 Å². The molecule has 1 aliphatic heterocycles. The van der Waals surface area contributed by atoms with Crippen molar-refractivity contribution >= 4 is 21.8 Å². The number of carbonyl (C=O) groups excluding carboxylic acids is 2. The van der Waals surface area contributed by atoms with Gasteiger partial charge < -0.3 is 4.74 Å². The molecule has 1 aromatic rings. The predicted molar refractivity (Wildman–Crippen MR) is 84.6 cm³/mol. The molecule has 1 fully saturated rings. The molecule has 0 saturated carbocycles. The van der Waals surface area contributed by atoms with E-state index in [0.29, 0.717) is 24.9 Å². The van der Waals surface area contributed by atoms with Crippen molar-refractivity contribution in [2.24, 2.45) is 5.92 Å². The van der Waals surface area contributed by atoms with E-state index in [-0.39, 0.29) is 29.8 Å². The number of rotatable bonds is 5. The zero-order valence-corrected chi connectivity index (χ0v) is 14.1. The average Bonchev–Trinajstić information content (AvgIpc) is 2.55. The van der Waals surface area contributed by atoms with Crippen molar-refractivity contribution in [3.05, 3.63) is 29.8 Å². The Morgan fingerprint density at radius 1 is 1.26 bits per heavy atom. The molecule has 0 aliphatic carbocycles. The summed E-state index contributed by atoms with van der Waals surface area (Å²) in [5.74, 6) is -0.886. The Labute approximate surface area is 136 Å². The molecule has 0 radical (unpaired) electrons. The molecule has 1 aliphatic rings. The van der Waals surface area contributed by atoms with Gasteiger partial charge in [-0.1, -0.05) is 12.1 Å². The van der Waals surface area contributed by atoms with E-state index >= 15 is 0 Å². The molecule has 1 aromatic carbocycles. The highest BCUT2D eigenvalue weighted by Crippen LogP contribution is 2.24. The second-order valence-electron chi connectivity index (χ2n) is 5.53. The smallest absolute Gasteiger partial charge is 0.310 e. The maximum absolute atomic E-state index is 12.7. The van der Waals surface area contributed by atoms with Crippen LogP contribution in [0.1, 0.15) is 37.0 Å². The molecule has 0 spiro atoms. The minimum absolute atomic E-state index is 0.116. The third-order valence-electron chi connectivity index (χ3n) is 3.90. The lowest BCUT2D eigenvalue weighted by atomic mass is 10.0. The summed E-state index contributed by atoms with van der Waals surface area (Å²) in [5.41, 5.74) is 0.465. The number of piperidine rings is 1. The minimum atomic E-state index is -3.67. The molecule has 0 N–H and O–H groups in total. The first kappa shape index (κ1) is 17.6. The summed E-state index contributed by atoms with van der Waals surface area (Å²) < 4.78 is 31.7. The van der Waals surface area contributed by atoms with E-state index in [4.69, 9.17) is 4.74 Å². The number of hydrogen-bond donors (Lipinski definition) is 0. The zero-order chi connectivity index (χ0) is 17.0. The van der Waals surface area contributed by atoms with E-state index in [1.54, 1.807) is 6.92 Å². The molecule has 1 heterocycles. The number of nitrogens with zero attached hydrogens (tertiary/aromatic N) is 1. The first-order valence-electron chi connectivity index (χ1n) is 7.64. The number of carbonyl (C=O) groups is 2. The van der Waals surface area contributed by atoms with Crippen LogP contribution in [0, 0.1) is 5.92 Å². The van der Waals surface area contributed by atoms with Gasteiger partial charge in [-0.3, -0.25) is 9.59 Å². The second kappa shape index (κ2) is 7.23. The summed E-state index contributed by atoms with van der Waals surface area (Å²) in [4.78, 5) is 23.3. The van der Waals surface area contributed by atoms with Crippen molar-refractivity contribution in [2.45, 2.75) is 31.6 Å². The monoisotopic (exact) mass is 339 g/mol. The van der Waals surface area contributed by atoms with E-state index in [0.717, 1.165) is 0 Å². The number of hydrogen-bond acceptors (Lipinski definition) is 5. The fourth-order valence-electron chi connectivity index (χ4n) is 2.62. The van der Waals surface area contributed by atoms with Gasteiger partial charge in [-0.05, 0) is 38.8 Å². The quantitative estimate of drug-likeness (QED) is 0.604. The fourth-order valence-corrected chi connectivity index (χ4v) is 4.15. The summed E-state index contributed by atoms with van der Waals surface area (Å²) in [5, 5.41) is 0. The highest BCUT2D eigenvalue weighted by atomic mass is 32.2. The van der Waals surface area contributed by atoms with Crippen molar-refractivity contribution in [3.63, 3.8) is 0 Å². The highest BCUT2D eigenvalue weighted by molar-refractivity contribution is 7.89. The maximum Gasteiger partial charge on any atom is 0.310 e. The Kier molecular flexibility index (Phi) is 5.54. The van der Waals surface area contributed by atoms with Gasteiger partial charge in [0.2, 0.25) is 10.0 Å². The summed E-state index contributed by atoms with van der Waals surface area (Å²) >= 11 is 0. The van der Waals surface area contributed by atoms with Crippen LogP contribution in [0.25, 0.3) is 0 Å². The third-order valence-corrected chi connectivity index (χ3v) is 5.78. The number of ketones is 1. The molecule has 7 heteroatoms. The van der Waals surface area contributed by atoms with E-state index in [1.165, 1.54) is 35.5 Å². The number of esters is 1. The molecule has 0 aromatic heterocycles. The predicted octanol–water partition coefficient (Wildman–Crippen LogP) is 1.85. The van der Waals surface area contributed by atoms with E-state index in [9.17, 15) is 18.0 Å². The normalized spacial score (nSPS) is 19.3. The van der Waals surface area contributed by atoms with Crippen LogP contribution < -0.4 is 0 Å². The van der Waals surface area contributed by atoms with Crippen LogP contribution in [0.4, 0.5) is 0 Å². The Bertz CT molecular complexity index is 681. The fraction of sp³-hybridized carbons (Fsp3) is 0.500. The first-order valence-corrected chi connectivity index (χ1v) is 9.08. The maximum atomic E-state index is 12.7. The van der Waals surface area contributed by atoms with Gasteiger partial charge in [0.15, 0.2) is 5.78 Å². The van der Waals surface area contributed by atoms with E-state index in [1.807, 2.05) is 0 Å². The first-order chi connectivity index (χ1) is 10.9. The van der Waals surface area contributed by atoms with Crippen LogP contribution in [0.3, 0.4) is 0 Å². The summed E-state index contributed by atoms with van der Waals surface area (Å²) in [6, 6.07) is 5.87. The van der Waals surface area contributed by atoms with Gasteiger partial charge in [-0.2, -0.15) is 4.31 Å². The Morgan fingerprint density at radius 3 is 2.48 bits per heavy atom. The van der Waals surface area contributed by atoms with Crippen LogP contribution in [0.15, 0.2) is 29.2 Å². The molecular formula is C16H21NO5S. The molecule has 23 heavy (non-hydrogen) atoms. The lowest BCUT2D eigenvalue weighted by Gasteiger charge is -2.30. The van der Waals surface area contributed by atoms with E-state index < -0.39 is 15.9 Å². The summed E-state index contributed by atoms with van der Waals surface area (Å²) in [6.45, 7) is 3.96. The Balaban J connectivity index is 2.18. The molecular weight excluding hydrogens is 318 g/mol. The Morgan fingerprint density at radius 2 is 1.91 bits per heavy atom. The van der Waals surface area contributed by atoms with Gasteiger partial charge in [0.05, 0.1) is 17.4 Å². The lowest BCUT2D eigenvalue weighted by molar-refractivity contribution is -0.149. The lowest BCUT2D eigenvalue weighted by Crippen LogP contribution is -2.42. The average molecular weight is 339 g/mol. The number of sulfonamides is 1. The van der Waals surface area contributed by atoms with Gasteiger partial charge in [-0.25, -0.2) is 8.42 Å². The molecule has 2 rings (SSSR count). The molecule has 1 atom stereocenters. The van der Waals surface area contributed by atoms with Crippen LogP contribution in [0.5, 0.6) is 0 Å². The standard InChI is InChI=1S/C16H21NO5S/c1-3-22-16(19)14-5-4-10-17(11-14)23(20,21)15-8-6-13(7-9-15)12(2)18/h6-9,14H,3-5,10-11H2,1-2H3. The number of ether oxygens (including phenoxy) is 1. The van der Waals surface area contributed by atoms with Crippen molar-refractivity contribution < 1.29 is 22.7 Å². The van der Waals surface area contributed by atoms with Crippen LogP contribution >= 0.6 is 0 Å². The zero-order valence-electron chi connectivity index (χ0n) is 13.3. The topological polar surface area (TPSA) is 80.8 Å². The van der Waals surface area contributed by atoms with Crippen molar-refractivity contribution in [1.82, 2.24) is 4.31 Å². The van der Waals surface area contributed by atoms with E-state index in [2.05, 4.69) is 0 Å². The van der Waals surface area contributed by atoms with Gasteiger partial charge in [0, 0.05) is 18.7 Å². The van der Waals surface area contributed by atoms with Gasteiger partial charge in [-0.15, -0.1) is 0 Å². The molecule has 6 nitrogen and oxygen atoms in total. The SMILES string of the molecule is CCOC(=O)C1CCCN(S(=O)(=O)c2ccc(C(C)=O)cc2)C1. The van der Waals surface area contributed by atoms with Crippen molar-refractivity contribution in [3.8, 4) is 0 Å². The second-order valence-corrected chi connectivity index (χ2v) is 7.47. The van der Waals surface area contributed by atoms with Crippen molar-refractivity contribution in [2.75, 3.05) is 19.7 Å². The van der Waals surface area contributed by atoms with Gasteiger partial charge in [0.25, 0.3) is 0 Å². The minimum Gasteiger partial charge on any atom is -0.466 e. The van der Waals surface area contributed by atoms with Crippen LogP contribution in [-0.4, -0.2) is 44.2 Å². The molecule has 0 amide bonds. The van der Waals surface area contributed by atoms with Gasteiger partial charge in [0.1, 0.15) is 0 Å². The third kappa shape index (κ3) is 3.97. The number of benzene rings is 1. The van der Waals surface area contributed by atoms with Gasteiger partial charge >= 0.3 is 5.97 Å². The largest absolute Gasteiger partial charge is 0.466 e. The summed E-state index contributed by atoms with van der Waals surface area (Å²) in [7, 11) is -3.67. The Hall–Kier alpha value is -1.73. The highest BCUT2D eigenvalue weighted by Gasteiger charge is 2.33. The van der Waals surface area contributed by atoms with Crippen molar-refractivity contribution in [1.29, 1.82) is 0 Å².